The molecule has 5 fully saturated rings. The summed E-state index contributed by atoms with van der Waals surface area (Å²) in [6.45, 7) is 5.20. The van der Waals surface area contributed by atoms with Crippen LogP contribution in [0.4, 0.5) is 0 Å². The molecule has 0 amide bonds. The van der Waals surface area contributed by atoms with Gasteiger partial charge in [0.1, 0.15) is 110 Å². The number of allylic oxidation sites excluding steroid dienone is 6. The fourth-order valence-electron chi connectivity index (χ4n) is 10.7. The van der Waals surface area contributed by atoms with Crippen molar-refractivity contribution in [2.24, 2.45) is 5.41 Å². The Kier molecular flexibility index (Phi) is 23.1. The largest absolute Gasteiger partial charge is 0.481 e. The molecule has 6 aliphatic rings. The van der Waals surface area contributed by atoms with Crippen molar-refractivity contribution in [1.29, 1.82) is 0 Å². The van der Waals surface area contributed by atoms with E-state index in [1.807, 2.05) is 32.9 Å². The van der Waals surface area contributed by atoms with Crippen LogP contribution in [0, 0.1) is 5.41 Å². The number of aliphatic carboxylic acids is 1. The van der Waals surface area contributed by atoms with E-state index in [1.54, 1.807) is 19.9 Å². The smallest absolute Gasteiger partial charge is 0.306 e. The maximum atomic E-state index is 11.9. The quantitative estimate of drug-likeness (QED) is 0.0356. The molecule has 26 atom stereocenters. The fraction of sp³-hybridized carbons (Fsp3) is 0.820. The average molecular weight is 1110 g/mol. The number of aliphatic hydroxyl groups is 15. The third-order valence-electron chi connectivity index (χ3n) is 14.8. The molecule has 0 aromatic carbocycles. The van der Waals surface area contributed by atoms with Crippen molar-refractivity contribution in [3.05, 3.63) is 46.6 Å². The summed E-state index contributed by atoms with van der Waals surface area (Å²) in [6, 6.07) is 0. The summed E-state index contributed by atoms with van der Waals surface area (Å²) in [7, 11) is 0. The molecule has 0 aromatic heterocycles. The number of aliphatic hydroxyl groups excluding tert-OH is 15. The van der Waals surface area contributed by atoms with E-state index in [0.29, 0.717) is 11.1 Å². The standard InChI is InChI=1S/C50H80O27/c1-20(2)8-6-9-21(3)10-7-11-50(5)14-23(12-22(4)31(50)24(55)13-30(57)58)69-49-44(77-45-37(64)32(59)25(56)19-68-45)43(76-46-38(65)34(61)27(16-52)71-46)42(29(18-54)73-49)75-48-40(67)36(63)41(28(17-53)72-48)74-47-39(66)35(62)33(60)26(15-51)70-47/h7-8,10-11,23-29,32-49,51-56,59-67H,6,9,12-19H2,1-5H3,(H,57,58)/b11-7+,21-10+/t23-,24+,25-,26-,27+,28-,29+,32+,33-,34+,35+,36-,37-,38-,39-,40-,41-,42+,43-,44+,45+,46+,47+,48+,49+,50-/m0/s1. The summed E-state index contributed by atoms with van der Waals surface area (Å²) in [5.41, 5.74) is 2.04. The summed E-state index contributed by atoms with van der Waals surface area (Å²) in [5.74, 6) is -1.25. The maximum absolute atomic E-state index is 11.9. The number of carbonyl (C=O) groups is 1. The molecule has 5 saturated heterocycles. The van der Waals surface area contributed by atoms with Gasteiger partial charge in [0.25, 0.3) is 0 Å². The predicted octanol–water partition coefficient (Wildman–Crippen LogP) is -5.05. The number of ether oxygens (including phenoxy) is 10. The first kappa shape index (κ1) is 63.6. The van der Waals surface area contributed by atoms with Crippen LogP contribution in [0.3, 0.4) is 0 Å². The van der Waals surface area contributed by atoms with E-state index in [2.05, 4.69) is 6.08 Å². The molecular weight excluding hydrogens is 1030 g/mol. The van der Waals surface area contributed by atoms with Crippen LogP contribution in [0.15, 0.2) is 46.6 Å². The van der Waals surface area contributed by atoms with Gasteiger partial charge in [-0.3, -0.25) is 4.79 Å². The van der Waals surface area contributed by atoms with E-state index in [1.165, 1.54) is 0 Å². The SMILES string of the molecule is CC(C)=CCC/C(C)=C/C=C/[C@@]1(C)C[C@@H](O[C@@H]2O[C@H](CO)[C@@H](O[C@H]3O[C@@H](CO)[C@H](O[C@H]4O[C@@H](CO)[C@H](O)[C@@H](O)[C@@H]4O)[C@@H](O)[C@@H]3O)[C@H](O[C@H]3O[C@H](CO)[C@@H](O)[C@@H]3O)[C@H]2O[C@H]2OC[C@H](O)[C@@H](O)[C@@H]2O)CC(C)=C1[C@H](O)CC(=O)O. The second kappa shape index (κ2) is 27.9. The number of carboxylic acid groups (broad SMARTS) is 1. The van der Waals surface area contributed by atoms with Gasteiger partial charge in [-0.15, -0.1) is 0 Å². The second-order valence-electron chi connectivity index (χ2n) is 21.1. The summed E-state index contributed by atoms with van der Waals surface area (Å²) in [5, 5.41) is 171. The van der Waals surface area contributed by atoms with Crippen molar-refractivity contribution in [2.45, 2.75) is 220 Å². The van der Waals surface area contributed by atoms with Crippen LogP contribution in [0.25, 0.3) is 0 Å². The Labute approximate surface area is 444 Å². The summed E-state index contributed by atoms with van der Waals surface area (Å²) < 4.78 is 60.4. The van der Waals surface area contributed by atoms with Gasteiger partial charge in [-0.25, -0.2) is 0 Å². The molecule has 16 N–H and O–H groups in total. The molecule has 27 heteroatoms. The zero-order valence-electron chi connectivity index (χ0n) is 43.5. The number of rotatable bonds is 22. The van der Waals surface area contributed by atoms with Crippen molar-refractivity contribution < 1.29 is 134 Å². The van der Waals surface area contributed by atoms with Gasteiger partial charge in [-0.2, -0.15) is 0 Å². The van der Waals surface area contributed by atoms with Gasteiger partial charge in [0.2, 0.25) is 0 Å². The topological polar surface area (TPSA) is 433 Å². The van der Waals surface area contributed by atoms with Gasteiger partial charge < -0.3 is 129 Å². The van der Waals surface area contributed by atoms with Crippen LogP contribution in [-0.2, 0) is 52.2 Å². The minimum atomic E-state index is -2.18. The van der Waals surface area contributed by atoms with Gasteiger partial charge in [0.15, 0.2) is 31.5 Å². The highest BCUT2D eigenvalue weighted by molar-refractivity contribution is 5.68. The molecule has 0 saturated carbocycles. The lowest BCUT2D eigenvalue weighted by Crippen LogP contribution is -2.68. The molecule has 1 aliphatic carbocycles. The molecule has 5 aliphatic heterocycles. The molecule has 0 bridgehead atoms. The Balaban J connectivity index is 1.38. The molecule has 27 nitrogen and oxygen atoms in total. The number of hydrogen-bond acceptors (Lipinski definition) is 26. The summed E-state index contributed by atoms with van der Waals surface area (Å²) in [6.07, 6.45) is -35.8. The maximum Gasteiger partial charge on any atom is 0.306 e. The van der Waals surface area contributed by atoms with Gasteiger partial charge in [-0.05, 0) is 59.0 Å². The van der Waals surface area contributed by atoms with Crippen molar-refractivity contribution in [1.82, 2.24) is 0 Å². The van der Waals surface area contributed by atoms with Crippen molar-refractivity contribution in [3.8, 4) is 0 Å². The highest BCUT2D eigenvalue weighted by Gasteiger charge is 2.58. The molecule has 0 spiro atoms. The third-order valence-corrected chi connectivity index (χ3v) is 14.8. The monoisotopic (exact) mass is 1110 g/mol. The lowest BCUT2D eigenvalue weighted by Gasteiger charge is -2.51. The molecule has 77 heavy (non-hydrogen) atoms. The highest BCUT2D eigenvalue weighted by Crippen LogP contribution is 2.47. The van der Waals surface area contributed by atoms with Crippen LogP contribution >= 0.6 is 0 Å². The van der Waals surface area contributed by atoms with E-state index >= 15 is 0 Å². The van der Waals surface area contributed by atoms with Crippen LogP contribution < -0.4 is 0 Å². The third kappa shape index (κ3) is 14.9. The molecule has 5 heterocycles. The Morgan fingerprint density at radius 1 is 0.623 bits per heavy atom. The minimum absolute atomic E-state index is 0.0338. The Morgan fingerprint density at radius 2 is 1.12 bits per heavy atom. The Hall–Kier alpha value is -2.57. The predicted molar refractivity (Wildman–Crippen MR) is 257 cm³/mol. The first-order valence-electron chi connectivity index (χ1n) is 25.7. The molecule has 0 unspecified atom stereocenters. The molecular formula is C50H80O27. The lowest BCUT2D eigenvalue weighted by atomic mass is 9.67. The van der Waals surface area contributed by atoms with E-state index in [9.17, 15) is 86.5 Å². The van der Waals surface area contributed by atoms with Crippen molar-refractivity contribution >= 4 is 5.97 Å². The van der Waals surface area contributed by atoms with E-state index in [4.69, 9.17) is 47.4 Å². The zero-order chi connectivity index (χ0) is 56.8. The zero-order valence-corrected chi connectivity index (χ0v) is 43.5. The van der Waals surface area contributed by atoms with E-state index in [-0.39, 0.29) is 12.8 Å². The van der Waals surface area contributed by atoms with Crippen molar-refractivity contribution in [3.63, 3.8) is 0 Å². The number of hydrogen-bond donors (Lipinski definition) is 16. The molecule has 0 aromatic rings. The Bertz CT molecular complexity index is 2020. The normalized spacial score (nSPS) is 44.6. The number of carboxylic acids is 1. The van der Waals surface area contributed by atoms with Gasteiger partial charge >= 0.3 is 5.97 Å². The first-order valence-corrected chi connectivity index (χ1v) is 25.7. The first-order chi connectivity index (χ1) is 36.4. The molecule has 0 radical (unpaired) electrons. The Morgan fingerprint density at radius 3 is 1.70 bits per heavy atom. The minimum Gasteiger partial charge on any atom is -0.481 e. The summed E-state index contributed by atoms with van der Waals surface area (Å²) in [4.78, 5) is 11.9. The fourth-order valence-corrected chi connectivity index (χ4v) is 10.7. The summed E-state index contributed by atoms with van der Waals surface area (Å²) >= 11 is 0. The highest BCUT2D eigenvalue weighted by atomic mass is 16.8. The van der Waals surface area contributed by atoms with E-state index in [0.717, 1.165) is 24.0 Å². The average Bonchev–Trinajstić information content (AvgIpc) is 3.64. The lowest BCUT2D eigenvalue weighted by molar-refractivity contribution is -0.404. The van der Waals surface area contributed by atoms with Crippen LogP contribution in [0.5, 0.6) is 0 Å². The second-order valence-corrected chi connectivity index (χ2v) is 21.1. The van der Waals surface area contributed by atoms with Crippen LogP contribution in [0.2, 0.25) is 0 Å². The molecule has 442 valence electrons. The van der Waals surface area contributed by atoms with Gasteiger partial charge in [-0.1, -0.05) is 47.9 Å². The van der Waals surface area contributed by atoms with Crippen LogP contribution in [0.1, 0.15) is 66.7 Å². The van der Waals surface area contributed by atoms with Gasteiger partial charge in [0.05, 0.1) is 51.7 Å². The van der Waals surface area contributed by atoms with Crippen molar-refractivity contribution in [2.75, 3.05) is 33.0 Å². The van der Waals surface area contributed by atoms with Crippen LogP contribution in [-0.4, -0.2) is 274 Å². The molecule has 6 rings (SSSR count). The van der Waals surface area contributed by atoms with Gasteiger partial charge in [0, 0.05) is 5.41 Å². The van der Waals surface area contributed by atoms with E-state index < -0.39 is 204 Å².